The van der Waals surface area contributed by atoms with E-state index in [2.05, 4.69) is 20.9 Å². The maximum atomic E-state index is 12.5. The van der Waals surface area contributed by atoms with Gasteiger partial charge in [-0.25, -0.2) is 0 Å². The van der Waals surface area contributed by atoms with Crippen molar-refractivity contribution >= 4 is 17.7 Å². The lowest BCUT2D eigenvalue weighted by Crippen LogP contribution is -2.47. The maximum absolute atomic E-state index is 12.5. The smallest absolute Gasteiger partial charge is 0.235 e. The zero-order valence-corrected chi connectivity index (χ0v) is 14.9. The highest BCUT2D eigenvalue weighted by atomic mass is 16.2. The van der Waals surface area contributed by atoms with Crippen molar-refractivity contribution in [2.45, 2.75) is 57.5 Å². The van der Waals surface area contributed by atoms with Crippen molar-refractivity contribution in [1.29, 1.82) is 0 Å². The van der Waals surface area contributed by atoms with Gasteiger partial charge in [-0.1, -0.05) is 0 Å². The first-order valence-corrected chi connectivity index (χ1v) is 9.52. The molecule has 0 radical (unpaired) electrons. The number of nitrogens with one attached hydrogen (secondary N) is 3. The molecule has 2 aliphatic carbocycles. The van der Waals surface area contributed by atoms with Crippen molar-refractivity contribution in [2.75, 3.05) is 26.2 Å². The fourth-order valence-corrected chi connectivity index (χ4v) is 4.23. The molecule has 7 heteroatoms. The molecular weight excluding hydrogens is 320 g/mol. The second kappa shape index (κ2) is 5.97. The third-order valence-corrected chi connectivity index (χ3v) is 6.57. The summed E-state index contributed by atoms with van der Waals surface area (Å²) in [7, 11) is 0. The van der Waals surface area contributed by atoms with Crippen LogP contribution in [0.15, 0.2) is 0 Å². The van der Waals surface area contributed by atoms with Crippen molar-refractivity contribution in [3.63, 3.8) is 0 Å². The number of nitrogens with zero attached hydrogens (tertiary/aromatic N) is 1. The fraction of sp³-hybridized carbons (Fsp3) is 0.833. The molecule has 7 nitrogen and oxygen atoms in total. The molecule has 0 aromatic carbocycles. The molecule has 2 unspecified atom stereocenters. The summed E-state index contributed by atoms with van der Waals surface area (Å²) in [5, 5.41) is 8.91. The minimum atomic E-state index is -0.911. The summed E-state index contributed by atoms with van der Waals surface area (Å²) in [6, 6.07) is 0.605. The molecule has 2 saturated heterocycles. The third-order valence-electron chi connectivity index (χ3n) is 6.57. The Morgan fingerprint density at radius 1 is 1.20 bits per heavy atom. The molecule has 2 heterocycles. The van der Waals surface area contributed by atoms with Crippen LogP contribution >= 0.6 is 0 Å². The van der Waals surface area contributed by atoms with Gasteiger partial charge in [0.15, 0.2) is 0 Å². The molecule has 4 rings (SSSR count). The molecule has 2 aliphatic heterocycles. The zero-order valence-electron chi connectivity index (χ0n) is 14.9. The highest BCUT2D eigenvalue weighted by Gasteiger charge is 2.57. The average molecular weight is 348 g/mol. The lowest BCUT2D eigenvalue weighted by atomic mass is 9.87. The van der Waals surface area contributed by atoms with Gasteiger partial charge in [0.05, 0.1) is 6.54 Å². The molecule has 3 amide bonds. The van der Waals surface area contributed by atoms with Gasteiger partial charge in [0, 0.05) is 18.6 Å². The van der Waals surface area contributed by atoms with Crippen LogP contribution in [-0.4, -0.2) is 60.9 Å². The summed E-state index contributed by atoms with van der Waals surface area (Å²) in [5.41, 5.74) is -0.726. The standard InChI is InChI=1S/C18H28N4O3/c1-17(4-7-19-15(17)24)16(25)21-13-10-18(13)5-8-22(9-6-18)11-14(23)20-12-2-3-12/h12-13H,2-11H2,1H3,(H,19,24)(H,20,23)(H,21,25). The zero-order chi connectivity index (χ0) is 17.7. The van der Waals surface area contributed by atoms with Gasteiger partial charge in [0.25, 0.3) is 0 Å². The third kappa shape index (κ3) is 3.26. The van der Waals surface area contributed by atoms with Gasteiger partial charge >= 0.3 is 0 Å². The summed E-state index contributed by atoms with van der Waals surface area (Å²) in [6.45, 7) is 4.61. The van der Waals surface area contributed by atoms with E-state index in [0.29, 0.717) is 25.6 Å². The molecule has 0 aromatic rings. The van der Waals surface area contributed by atoms with Gasteiger partial charge in [0.1, 0.15) is 5.41 Å². The number of hydrogen-bond donors (Lipinski definition) is 3. The SMILES string of the molecule is CC1(C(=O)NC2CC23CCN(CC(=O)NC2CC2)CC3)CCNC1=O. The Kier molecular flexibility index (Phi) is 4.02. The van der Waals surface area contributed by atoms with Crippen molar-refractivity contribution < 1.29 is 14.4 Å². The summed E-state index contributed by atoms with van der Waals surface area (Å²) in [5.74, 6) is -0.147. The summed E-state index contributed by atoms with van der Waals surface area (Å²) >= 11 is 0. The van der Waals surface area contributed by atoms with E-state index in [1.165, 1.54) is 0 Å². The van der Waals surface area contributed by atoms with E-state index in [-0.39, 0.29) is 29.2 Å². The summed E-state index contributed by atoms with van der Waals surface area (Å²) in [4.78, 5) is 38.6. The van der Waals surface area contributed by atoms with Crippen LogP contribution < -0.4 is 16.0 Å². The molecule has 0 bridgehead atoms. The average Bonchev–Trinajstić information content (AvgIpc) is 3.47. The molecule has 138 valence electrons. The lowest BCUT2D eigenvalue weighted by molar-refractivity contribution is -0.140. The molecule has 2 atom stereocenters. The largest absolute Gasteiger partial charge is 0.355 e. The van der Waals surface area contributed by atoms with Crippen molar-refractivity contribution in [3.8, 4) is 0 Å². The Morgan fingerprint density at radius 3 is 2.52 bits per heavy atom. The number of piperidine rings is 1. The predicted octanol–water partition coefficient (Wildman–Crippen LogP) is -0.238. The van der Waals surface area contributed by atoms with E-state index in [1.54, 1.807) is 6.92 Å². The maximum Gasteiger partial charge on any atom is 0.235 e. The normalized spacial score (nSPS) is 33.8. The fourth-order valence-electron chi connectivity index (χ4n) is 4.23. The Balaban J connectivity index is 1.23. The Bertz CT molecular complexity index is 595. The van der Waals surface area contributed by atoms with Crippen molar-refractivity contribution in [3.05, 3.63) is 0 Å². The number of carbonyl (C=O) groups is 3. The van der Waals surface area contributed by atoms with E-state index in [0.717, 1.165) is 45.2 Å². The first kappa shape index (κ1) is 16.8. The van der Waals surface area contributed by atoms with Crippen LogP contribution in [0.5, 0.6) is 0 Å². The van der Waals surface area contributed by atoms with E-state index in [1.807, 2.05) is 0 Å². The number of carbonyl (C=O) groups excluding carboxylic acids is 3. The van der Waals surface area contributed by atoms with Crippen molar-refractivity contribution in [1.82, 2.24) is 20.9 Å². The van der Waals surface area contributed by atoms with Gasteiger partial charge in [-0.15, -0.1) is 0 Å². The number of likely N-dealkylation sites (tertiary alicyclic amines) is 1. The summed E-state index contributed by atoms with van der Waals surface area (Å²) in [6.07, 6.45) is 5.83. The Labute approximate surface area is 148 Å². The molecule has 3 N–H and O–H groups in total. The van der Waals surface area contributed by atoms with E-state index in [4.69, 9.17) is 0 Å². The van der Waals surface area contributed by atoms with Gasteiger partial charge < -0.3 is 16.0 Å². The van der Waals surface area contributed by atoms with Crippen LogP contribution in [0, 0.1) is 10.8 Å². The second-order valence-corrected chi connectivity index (χ2v) is 8.55. The highest BCUT2D eigenvalue weighted by molar-refractivity contribution is 6.06. The topological polar surface area (TPSA) is 90.5 Å². The van der Waals surface area contributed by atoms with Crippen molar-refractivity contribution in [2.24, 2.45) is 10.8 Å². The van der Waals surface area contributed by atoms with Gasteiger partial charge in [-0.3, -0.25) is 19.3 Å². The first-order chi connectivity index (χ1) is 11.9. The quantitative estimate of drug-likeness (QED) is 0.598. The first-order valence-electron chi connectivity index (χ1n) is 9.52. The minimum Gasteiger partial charge on any atom is -0.355 e. The van der Waals surface area contributed by atoms with Gasteiger partial charge in [-0.2, -0.15) is 0 Å². The van der Waals surface area contributed by atoms with E-state index < -0.39 is 5.41 Å². The molecule has 1 spiro atoms. The monoisotopic (exact) mass is 348 g/mol. The molecule has 4 aliphatic rings. The van der Waals surface area contributed by atoms with Crippen LogP contribution in [-0.2, 0) is 14.4 Å². The highest BCUT2D eigenvalue weighted by Crippen LogP contribution is 2.54. The van der Waals surface area contributed by atoms with Gasteiger partial charge in [-0.05, 0) is 64.0 Å². The van der Waals surface area contributed by atoms with Crippen LogP contribution in [0.25, 0.3) is 0 Å². The number of rotatable bonds is 5. The number of amides is 3. The predicted molar refractivity (Wildman–Crippen MR) is 91.6 cm³/mol. The lowest BCUT2D eigenvalue weighted by Gasteiger charge is -2.32. The van der Waals surface area contributed by atoms with Crippen LogP contribution in [0.4, 0.5) is 0 Å². The van der Waals surface area contributed by atoms with Crippen LogP contribution in [0.1, 0.15) is 45.4 Å². The molecule has 0 aromatic heterocycles. The Hall–Kier alpha value is -1.63. The van der Waals surface area contributed by atoms with Crippen LogP contribution in [0.2, 0.25) is 0 Å². The molecular formula is C18H28N4O3. The molecule has 25 heavy (non-hydrogen) atoms. The van der Waals surface area contributed by atoms with E-state index in [9.17, 15) is 14.4 Å². The Morgan fingerprint density at radius 2 is 1.92 bits per heavy atom. The molecule has 4 fully saturated rings. The second-order valence-electron chi connectivity index (χ2n) is 8.55. The van der Waals surface area contributed by atoms with Gasteiger partial charge in [0.2, 0.25) is 17.7 Å². The number of hydrogen-bond acceptors (Lipinski definition) is 4. The minimum absolute atomic E-state index is 0.129. The molecule has 2 saturated carbocycles. The summed E-state index contributed by atoms with van der Waals surface area (Å²) < 4.78 is 0. The van der Waals surface area contributed by atoms with Crippen LogP contribution in [0.3, 0.4) is 0 Å². The van der Waals surface area contributed by atoms with E-state index >= 15 is 0 Å².